The predicted octanol–water partition coefficient (Wildman–Crippen LogP) is 2.53. The average Bonchev–Trinajstić information content (AvgIpc) is 2.77. The molecule has 0 radical (unpaired) electrons. The third-order valence-electron chi connectivity index (χ3n) is 4.89. The van der Waals surface area contributed by atoms with Crippen molar-refractivity contribution in [2.24, 2.45) is 0 Å². The van der Waals surface area contributed by atoms with Crippen molar-refractivity contribution >= 4 is 22.0 Å². The predicted molar refractivity (Wildman–Crippen MR) is 110 cm³/mol. The molecule has 10 heteroatoms. The minimum absolute atomic E-state index is 0.00902. The van der Waals surface area contributed by atoms with Crippen LogP contribution in [0.15, 0.2) is 47.4 Å². The van der Waals surface area contributed by atoms with E-state index in [1.54, 1.807) is 24.3 Å². The lowest BCUT2D eigenvalue weighted by Crippen LogP contribution is -2.50. The van der Waals surface area contributed by atoms with Gasteiger partial charge >= 0.3 is 0 Å². The van der Waals surface area contributed by atoms with Gasteiger partial charge in [-0.1, -0.05) is 6.07 Å². The Morgan fingerprint density at radius 2 is 1.65 bits per heavy atom. The number of piperazine rings is 1. The smallest absolute Gasteiger partial charge is 0.246 e. The highest BCUT2D eigenvalue weighted by Gasteiger charge is 2.31. The van der Waals surface area contributed by atoms with Crippen LogP contribution in [0.4, 0.5) is 8.78 Å². The van der Waals surface area contributed by atoms with E-state index in [2.05, 4.69) is 0 Å². The Kier molecular flexibility index (Phi) is 6.91. The van der Waals surface area contributed by atoms with E-state index in [0.717, 1.165) is 22.0 Å². The standard InChI is InChI=1S/C21H22F2N2O5S/c1-29-18-6-3-15(13-19(18)30-2)4-8-21(26)24-9-11-25(12-10-24)31(27,28)20-7-5-16(22)14-17(20)23/h3-8,13-14H,9-12H2,1-2H3/b8-4+. The molecule has 0 atom stereocenters. The molecule has 0 unspecified atom stereocenters. The second-order valence-corrected chi connectivity index (χ2v) is 8.66. The lowest BCUT2D eigenvalue weighted by Gasteiger charge is -2.33. The molecule has 0 spiro atoms. The van der Waals surface area contributed by atoms with E-state index in [0.29, 0.717) is 17.6 Å². The minimum atomic E-state index is -4.12. The number of ether oxygens (including phenoxy) is 2. The van der Waals surface area contributed by atoms with E-state index in [1.807, 2.05) is 0 Å². The van der Waals surface area contributed by atoms with Gasteiger partial charge in [0.1, 0.15) is 16.5 Å². The molecule has 1 saturated heterocycles. The summed E-state index contributed by atoms with van der Waals surface area (Å²) in [5.41, 5.74) is 0.735. The molecule has 3 rings (SSSR count). The molecule has 1 fully saturated rings. The molecule has 1 aliphatic rings. The van der Waals surface area contributed by atoms with Crippen LogP contribution in [0, 0.1) is 11.6 Å². The van der Waals surface area contributed by atoms with Crippen molar-refractivity contribution in [1.82, 2.24) is 9.21 Å². The molecule has 166 valence electrons. The molecule has 0 aromatic heterocycles. The van der Waals surface area contributed by atoms with E-state index in [9.17, 15) is 22.0 Å². The Labute approximate surface area is 179 Å². The van der Waals surface area contributed by atoms with E-state index in [4.69, 9.17) is 9.47 Å². The molecule has 0 bridgehead atoms. The van der Waals surface area contributed by atoms with Crippen LogP contribution in [-0.2, 0) is 14.8 Å². The van der Waals surface area contributed by atoms with Crippen LogP contribution in [0.1, 0.15) is 5.56 Å². The van der Waals surface area contributed by atoms with Crippen LogP contribution in [0.25, 0.3) is 6.08 Å². The summed E-state index contributed by atoms with van der Waals surface area (Å²) in [7, 11) is -1.07. The van der Waals surface area contributed by atoms with Crippen LogP contribution >= 0.6 is 0 Å². The van der Waals surface area contributed by atoms with Crippen molar-refractivity contribution in [1.29, 1.82) is 0 Å². The molecule has 2 aromatic rings. The van der Waals surface area contributed by atoms with Gasteiger partial charge < -0.3 is 14.4 Å². The van der Waals surface area contributed by atoms with Crippen molar-refractivity contribution in [3.63, 3.8) is 0 Å². The van der Waals surface area contributed by atoms with E-state index in [-0.39, 0.29) is 32.1 Å². The monoisotopic (exact) mass is 452 g/mol. The Bertz CT molecular complexity index is 1100. The third kappa shape index (κ3) is 5.02. The molecule has 1 aliphatic heterocycles. The summed E-state index contributed by atoms with van der Waals surface area (Å²) in [5, 5.41) is 0. The molecule has 31 heavy (non-hydrogen) atoms. The molecule has 0 aliphatic carbocycles. The van der Waals surface area contributed by atoms with Gasteiger partial charge in [0.15, 0.2) is 11.5 Å². The number of hydrogen-bond acceptors (Lipinski definition) is 5. The second kappa shape index (κ2) is 9.44. The fourth-order valence-electron chi connectivity index (χ4n) is 3.20. The normalized spacial score (nSPS) is 15.3. The van der Waals surface area contributed by atoms with Crippen LogP contribution in [0.2, 0.25) is 0 Å². The van der Waals surface area contributed by atoms with Gasteiger partial charge in [-0.15, -0.1) is 0 Å². The first-order valence-corrected chi connectivity index (χ1v) is 10.8. The van der Waals surface area contributed by atoms with Gasteiger partial charge in [-0.3, -0.25) is 4.79 Å². The van der Waals surface area contributed by atoms with Crippen molar-refractivity contribution in [2.45, 2.75) is 4.90 Å². The maximum atomic E-state index is 13.9. The maximum Gasteiger partial charge on any atom is 0.246 e. The van der Waals surface area contributed by atoms with Gasteiger partial charge in [0.2, 0.25) is 15.9 Å². The maximum absolute atomic E-state index is 13.9. The molecule has 1 amide bonds. The number of rotatable bonds is 6. The van der Waals surface area contributed by atoms with Crippen LogP contribution in [0.5, 0.6) is 11.5 Å². The number of sulfonamides is 1. The highest BCUT2D eigenvalue weighted by molar-refractivity contribution is 7.89. The number of carbonyl (C=O) groups is 1. The molecule has 7 nitrogen and oxygen atoms in total. The highest BCUT2D eigenvalue weighted by atomic mass is 32.2. The van der Waals surface area contributed by atoms with Gasteiger partial charge in [-0.2, -0.15) is 4.31 Å². The number of halogens is 2. The third-order valence-corrected chi connectivity index (χ3v) is 6.82. The average molecular weight is 452 g/mol. The summed E-state index contributed by atoms with van der Waals surface area (Å²) < 4.78 is 63.8. The first kappa shape index (κ1) is 22.7. The van der Waals surface area contributed by atoms with E-state index >= 15 is 0 Å². The first-order chi connectivity index (χ1) is 14.8. The number of carbonyl (C=O) groups excluding carboxylic acids is 1. The minimum Gasteiger partial charge on any atom is -0.493 e. The molecular weight excluding hydrogens is 430 g/mol. The van der Waals surface area contributed by atoms with E-state index < -0.39 is 26.6 Å². The van der Waals surface area contributed by atoms with Crippen LogP contribution in [-0.4, -0.2) is 63.9 Å². The summed E-state index contributed by atoms with van der Waals surface area (Å²) in [6.45, 7) is 0.318. The second-order valence-electron chi connectivity index (χ2n) is 6.75. The van der Waals surface area contributed by atoms with Gasteiger partial charge in [0.25, 0.3) is 0 Å². The summed E-state index contributed by atoms with van der Waals surface area (Å²) in [6.07, 6.45) is 3.02. The Morgan fingerprint density at radius 1 is 0.968 bits per heavy atom. The summed E-state index contributed by atoms with van der Waals surface area (Å²) in [4.78, 5) is 13.4. The zero-order chi connectivity index (χ0) is 22.6. The first-order valence-electron chi connectivity index (χ1n) is 9.40. The Morgan fingerprint density at radius 3 is 2.26 bits per heavy atom. The molecule has 0 N–H and O–H groups in total. The molecular formula is C21H22F2N2O5S. The summed E-state index contributed by atoms with van der Waals surface area (Å²) in [6, 6.07) is 7.56. The zero-order valence-corrected chi connectivity index (χ0v) is 17.9. The van der Waals surface area contributed by atoms with Crippen LogP contribution in [0.3, 0.4) is 0 Å². The zero-order valence-electron chi connectivity index (χ0n) is 17.0. The number of methoxy groups -OCH3 is 2. The van der Waals surface area contributed by atoms with Gasteiger partial charge in [-0.25, -0.2) is 17.2 Å². The molecule has 2 aromatic carbocycles. The fraction of sp³-hybridized carbons (Fsp3) is 0.286. The number of nitrogens with zero attached hydrogens (tertiary/aromatic N) is 2. The lowest BCUT2D eigenvalue weighted by atomic mass is 10.2. The molecule has 1 heterocycles. The van der Waals surface area contributed by atoms with E-state index in [1.165, 1.54) is 25.2 Å². The Hall–Kier alpha value is -2.98. The van der Waals surface area contributed by atoms with Crippen molar-refractivity contribution in [3.8, 4) is 11.5 Å². The van der Waals surface area contributed by atoms with Crippen LogP contribution < -0.4 is 9.47 Å². The topological polar surface area (TPSA) is 76.2 Å². The van der Waals surface area contributed by atoms with Crippen molar-refractivity contribution in [3.05, 3.63) is 59.7 Å². The molecule has 0 saturated carbocycles. The quantitative estimate of drug-likeness (QED) is 0.630. The SMILES string of the molecule is COc1ccc(/C=C/C(=O)N2CCN(S(=O)(=O)c3ccc(F)cc3F)CC2)cc1OC. The lowest BCUT2D eigenvalue weighted by molar-refractivity contribution is -0.127. The number of amides is 1. The number of benzene rings is 2. The van der Waals surface area contributed by atoms with Gasteiger partial charge in [-0.05, 0) is 35.9 Å². The van der Waals surface area contributed by atoms with Crippen molar-refractivity contribution in [2.75, 3.05) is 40.4 Å². The largest absolute Gasteiger partial charge is 0.493 e. The van der Waals surface area contributed by atoms with Gasteiger partial charge in [0, 0.05) is 38.3 Å². The number of hydrogen-bond donors (Lipinski definition) is 0. The fourth-order valence-corrected chi connectivity index (χ4v) is 4.67. The van der Waals surface area contributed by atoms with Gasteiger partial charge in [0.05, 0.1) is 14.2 Å². The summed E-state index contributed by atoms with van der Waals surface area (Å²) in [5.74, 6) is -1.17. The summed E-state index contributed by atoms with van der Waals surface area (Å²) >= 11 is 0. The van der Waals surface area contributed by atoms with Crippen molar-refractivity contribution < 1.29 is 31.5 Å². The highest BCUT2D eigenvalue weighted by Crippen LogP contribution is 2.28. The Balaban J connectivity index is 1.64.